The number of rotatable bonds is 5. The Morgan fingerprint density at radius 3 is 2.87 bits per heavy atom. The zero-order valence-electron chi connectivity index (χ0n) is 16.6. The maximum absolute atomic E-state index is 12.4. The molecule has 1 aliphatic carbocycles. The van der Waals surface area contributed by atoms with Gasteiger partial charge in [-0.3, -0.25) is 4.79 Å². The van der Waals surface area contributed by atoms with E-state index in [9.17, 15) is 4.79 Å². The van der Waals surface area contributed by atoms with Crippen LogP contribution in [0, 0.1) is 5.92 Å². The Balaban J connectivity index is 1.63. The maximum atomic E-state index is 12.4. The van der Waals surface area contributed by atoms with E-state index in [0.29, 0.717) is 11.4 Å². The van der Waals surface area contributed by atoms with Gasteiger partial charge < -0.3 is 14.8 Å². The predicted octanol–water partition coefficient (Wildman–Crippen LogP) is 4.31. The number of hydrogen-bond donors (Lipinski definition) is 1. The monoisotopic (exact) mass is 471 g/mol. The predicted molar refractivity (Wildman–Crippen MR) is 115 cm³/mol. The molecule has 0 bridgehead atoms. The quantitative estimate of drug-likeness (QED) is 0.595. The third kappa shape index (κ3) is 3.56. The second-order valence-corrected chi connectivity index (χ2v) is 8.52. The Labute approximate surface area is 182 Å². The van der Waals surface area contributed by atoms with Crippen molar-refractivity contribution in [3.05, 3.63) is 29.1 Å². The van der Waals surface area contributed by atoms with Crippen molar-refractivity contribution in [2.45, 2.75) is 38.3 Å². The van der Waals surface area contributed by atoms with E-state index in [1.807, 2.05) is 16.8 Å². The average Bonchev–Trinajstić information content (AvgIpc) is 3.56. The van der Waals surface area contributed by atoms with Crippen molar-refractivity contribution < 1.29 is 14.3 Å². The summed E-state index contributed by atoms with van der Waals surface area (Å²) < 4.78 is 14.2. The number of nitrogens with one attached hydrogen (secondary N) is 1. The van der Waals surface area contributed by atoms with Crippen molar-refractivity contribution in [2.75, 3.05) is 19.0 Å². The molecule has 0 spiro atoms. The number of carbonyl (C=O) groups excluding carboxylic acids is 1. The van der Waals surface area contributed by atoms with Gasteiger partial charge in [-0.1, -0.05) is 0 Å². The number of halogens is 1. The lowest BCUT2D eigenvalue weighted by molar-refractivity contribution is -0.117. The molecule has 1 aliphatic heterocycles. The minimum absolute atomic E-state index is 0.0212. The Hall–Kier alpha value is -2.52. The van der Waals surface area contributed by atoms with E-state index in [2.05, 4.69) is 36.3 Å². The van der Waals surface area contributed by atoms with Crippen molar-refractivity contribution in [1.82, 2.24) is 19.7 Å². The molecule has 1 aromatic carbocycles. The van der Waals surface area contributed by atoms with E-state index >= 15 is 0 Å². The van der Waals surface area contributed by atoms with Gasteiger partial charge in [0, 0.05) is 24.0 Å². The Kier molecular flexibility index (Phi) is 5.16. The second kappa shape index (κ2) is 7.96. The number of aromatic nitrogens is 4. The van der Waals surface area contributed by atoms with Gasteiger partial charge in [-0.05, 0) is 54.1 Å². The van der Waals surface area contributed by atoms with Crippen molar-refractivity contribution in [2.24, 2.45) is 5.92 Å². The molecule has 2 aromatic heterocycles. The van der Waals surface area contributed by atoms with Gasteiger partial charge in [0.05, 0.1) is 29.0 Å². The molecule has 156 valence electrons. The van der Waals surface area contributed by atoms with Crippen LogP contribution in [0.5, 0.6) is 5.75 Å². The highest BCUT2D eigenvalue weighted by Gasteiger charge is 2.30. The molecule has 30 heavy (non-hydrogen) atoms. The van der Waals surface area contributed by atoms with Crippen LogP contribution in [0.2, 0.25) is 0 Å². The van der Waals surface area contributed by atoms with Gasteiger partial charge in [-0.2, -0.15) is 5.10 Å². The molecule has 1 amide bonds. The smallest absolute Gasteiger partial charge is 0.227 e. The molecule has 8 nitrogen and oxygen atoms in total. The second-order valence-electron chi connectivity index (χ2n) is 7.66. The number of hydrogen-bond acceptors (Lipinski definition) is 6. The molecule has 1 atom stereocenters. The van der Waals surface area contributed by atoms with Gasteiger partial charge in [0.15, 0.2) is 6.23 Å². The van der Waals surface area contributed by atoms with Gasteiger partial charge in [0.25, 0.3) is 0 Å². The highest BCUT2D eigenvalue weighted by atomic mass is 79.9. The minimum Gasteiger partial charge on any atom is -0.494 e. The van der Waals surface area contributed by atoms with Crippen LogP contribution in [-0.2, 0) is 9.53 Å². The molecule has 9 heteroatoms. The van der Waals surface area contributed by atoms with Crippen molar-refractivity contribution >= 4 is 38.4 Å². The van der Waals surface area contributed by atoms with E-state index < -0.39 is 0 Å². The molecular weight excluding hydrogens is 450 g/mol. The average molecular weight is 472 g/mol. The zero-order chi connectivity index (χ0) is 20.7. The molecule has 5 rings (SSSR count). The zero-order valence-corrected chi connectivity index (χ0v) is 18.2. The highest BCUT2D eigenvalue weighted by Crippen LogP contribution is 2.39. The lowest BCUT2D eigenvalue weighted by atomic mass is 10.1. The van der Waals surface area contributed by atoms with Crippen LogP contribution in [0.15, 0.2) is 29.1 Å². The molecule has 2 aliphatic rings. The summed E-state index contributed by atoms with van der Waals surface area (Å²) in [6, 6.07) is 3.71. The van der Waals surface area contributed by atoms with Crippen LogP contribution in [0.1, 0.15) is 38.3 Å². The fourth-order valence-corrected chi connectivity index (χ4v) is 4.28. The number of methoxy groups -OCH3 is 1. The molecular formula is C21H22BrN5O3. The van der Waals surface area contributed by atoms with Gasteiger partial charge in [0.2, 0.25) is 5.91 Å². The van der Waals surface area contributed by atoms with E-state index in [4.69, 9.17) is 9.47 Å². The summed E-state index contributed by atoms with van der Waals surface area (Å²) in [7, 11) is 1.59. The van der Waals surface area contributed by atoms with Gasteiger partial charge in [-0.15, -0.1) is 0 Å². The summed E-state index contributed by atoms with van der Waals surface area (Å²) in [4.78, 5) is 21.4. The van der Waals surface area contributed by atoms with Gasteiger partial charge in [-0.25, -0.2) is 14.6 Å². The largest absolute Gasteiger partial charge is 0.494 e. The molecule has 3 heterocycles. The van der Waals surface area contributed by atoms with E-state index in [0.717, 1.165) is 65.5 Å². The molecule has 1 saturated heterocycles. The first-order chi connectivity index (χ1) is 14.7. The van der Waals surface area contributed by atoms with Gasteiger partial charge in [0.1, 0.15) is 23.5 Å². The number of benzene rings is 1. The van der Waals surface area contributed by atoms with Crippen molar-refractivity contribution in [3.63, 3.8) is 0 Å². The Bertz CT molecular complexity index is 1110. The minimum atomic E-state index is -0.127. The first kappa shape index (κ1) is 19.4. The van der Waals surface area contributed by atoms with Crippen LogP contribution in [-0.4, -0.2) is 39.4 Å². The lowest BCUT2D eigenvalue weighted by Crippen LogP contribution is -2.20. The summed E-state index contributed by atoms with van der Waals surface area (Å²) in [6.45, 7) is 0.723. The Morgan fingerprint density at radius 1 is 1.27 bits per heavy atom. The van der Waals surface area contributed by atoms with E-state index in [1.54, 1.807) is 13.3 Å². The number of anilines is 1. The molecule has 3 aromatic rings. The van der Waals surface area contributed by atoms with Crippen molar-refractivity contribution in [1.29, 1.82) is 0 Å². The first-order valence-electron chi connectivity index (χ1n) is 10.1. The summed E-state index contributed by atoms with van der Waals surface area (Å²) >= 11 is 3.63. The molecule has 2 fully saturated rings. The summed E-state index contributed by atoms with van der Waals surface area (Å²) in [6.07, 6.45) is 8.10. The number of nitrogens with zero attached hydrogens (tertiary/aromatic N) is 4. The molecule has 1 unspecified atom stereocenters. The maximum Gasteiger partial charge on any atom is 0.227 e. The van der Waals surface area contributed by atoms with Gasteiger partial charge >= 0.3 is 0 Å². The molecule has 0 radical (unpaired) electrons. The molecule has 1 saturated carbocycles. The summed E-state index contributed by atoms with van der Waals surface area (Å²) in [5.41, 5.74) is 2.90. The highest BCUT2D eigenvalue weighted by molar-refractivity contribution is 9.10. The van der Waals surface area contributed by atoms with Crippen molar-refractivity contribution in [3.8, 4) is 17.1 Å². The van der Waals surface area contributed by atoms with Crippen LogP contribution in [0.25, 0.3) is 22.3 Å². The third-order valence-corrected chi connectivity index (χ3v) is 6.15. The Morgan fingerprint density at radius 2 is 2.13 bits per heavy atom. The van der Waals surface area contributed by atoms with E-state index in [-0.39, 0.29) is 18.1 Å². The summed E-state index contributed by atoms with van der Waals surface area (Å²) in [5.74, 6) is 0.688. The lowest BCUT2D eigenvalue weighted by Gasteiger charge is -2.24. The number of fused-ring (bicyclic) bond motifs is 1. The fraction of sp³-hybridized carbons (Fsp3) is 0.429. The first-order valence-corrected chi connectivity index (χ1v) is 10.9. The number of amides is 1. The number of ether oxygens (including phenoxy) is 2. The summed E-state index contributed by atoms with van der Waals surface area (Å²) in [5, 5.41) is 8.36. The van der Waals surface area contributed by atoms with Crippen LogP contribution < -0.4 is 10.1 Å². The van der Waals surface area contributed by atoms with E-state index in [1.165, 1.54) is 6.33 Å². The number of carbonyl (C=O) groups is 1. The molecule has 1 N–H and O–H groups in total. The standard InChI is InChI=1S/C21H22BrN5O3/c1-29-17-9-15-13(8-16(17)26-21(28)12-5-6-12)19(24-11-23-15)20-14(22)10-25-27(20)18-4-2-3-7-30-18/h8-12,18H,2-7H2,1H3,(H,26,28). The van der Waals surface area contributed by atoms with Crippen LogP contribution in [0.4, 0.5) is 5.69 Å². The third-order valence-electron chi connectivity index (χ3n) is 5.57. The van der Waals surface area contributed by atoms with Crippen LogP contribution >= 0.6 is 15.9 Å². The van der Waals surface area contributed by atoms with Crippen LogP contribution in [0.3, 0.4) is 0 Å². The topological polar surface area (TPSA) is 91.2 Å². The SMILES string of the molecule is COc1cc2ncnc(-c3c(Br)cnn3C3CCCCO3)c2cc1NC(=O)C1CC1. The normalized spacial score (nSPS) is 19.1. The fourth-order valence-electron chi connectivity index (χ4n) is 3.82.